The van der Waals surface area contributed by atoms with Crippen LogP contribution < -0.4 is 25.0 Å². The highest BCUT2D eigenvalue weighted by Crippen LogP contribution is 2.31. The number of halogens is 1. The minimum Gasteiger partial charge on any atom is -0.492 e. The summed E-state index contributed by atoms with van der Waals surface area (Å²) in [6.45, 7) is 3.95. The number of rotatable bonds is 10. The fraction of sp³-hybridized carbons (Fsp3) is 0.405. The molecule has 7 rings (SSSR count). The maximum absolute atomic E-state index is 13.1. The van der Waals surface area contributed by atoms with Crippen molar-refractivity contribution in [2.75, 3.05) is 44.2 Å². The third-order valence-corrected chi connectivity index (χ3v) is 10.3. The number of anilines is 1. The molecule has 2 aromatic carbocycles. The van der Waals surface area contributed by atoms with E-state index in [1.54, 1.807) is 30.5 Å². The molecule has 1 aliphatic carbocycles. The highest BCUT2D eigenvalue weighted by atomic mass is 35.5. The summed E-state index contributed by atoms with van der Waals surface area (Å²) in [7, 11) is 0. The molecule has 5 amide bonds. The molecule has 0 radical (unpaired) electrons. The van der Waals surface area contributed by atoms with Gasteiger partial charge in [-0.15, -0.1) is 0 Å². The number of carbonyl (C=O) groups is 5. The molecule has 15 nitrogen and oxygen atoms in total. The van der Waals surface area contributed by atoms with Crippen molar-refractivity contribution in [2.45, 2.75) is 56.7 Å². The van der Waals surface area contributed by atoms with Crippen LogP contribution in [0.2, 0.25) is 5.02 Å². The second kappa shape index (κ2) is 15.6. The maximum Gasteiger partial charge on any atom is 0.271 e. The molecule has 4 aliphatic rings. The van der Waals surface area contributed by atoms with Crippen molar-refractivity contribution >= 4 is 47.0 Å². The van der Waals surface area contributed by atoms with Crippen molar-refractivity contribution in [3.63, 3.8) is 0 Å². The van der Waals surface area contributed by atoms with Crippen molar-refractivity contribution in [3.8, 4) is 17.6 Å². The Kier molecular flexibility index (Phi) is 10.5. The van der Waals surface area contributed by atoms with Gasteiger partial charge in [-0.25, -0.2) is 9.97 Å². The summed E-state index contributed by atoms with van der Waals surface area (Å²) in [5.74, 6) is -0.690. The van der Waals surface area contributed by atoms with Crippen LogP contribution >= 0.6 is 11.6 Å². The van der Waals surface area contributed by atoms with Crippen LogP contribution in [-0.2, 0) is 9.59 Å². The van der Waals surface area contributed by atoms with Crippen LogP contribution in [0, 0.1) is 11.3 Å². The zero-order chi connectivity index (χ0) is 37.1. The van der Waals surface area contributed by atoms with E-state index >= 15 is 0 Å². The van der Waals surface area contributed by atoms with E-state index in [2.05, 4.69) is 30.4 Å². The SMILES string of the molecule is N#Cc1ccc(O[C@H]2CC[C@H](NC(=O)c3cnc(N4CCN(CCOc5ccc6c(c5)C(=O)N(C5CCC(=O)NC5=O)C6=O)CC4)cn3)CC2)cc1Cl. The molecule has 4 heterocycles. The highest BCUT2D eigenvalue weighted by Gasteiger charge is 2.44. The van der Waals surface area contributed by atoms with E-state index in [1.807, 2.05) is 6.07 Å². The zero-order valence-electron chi connectivity index (χ0n) is 28.8. The largest absolute Gasteiger partial charge is 0.492 e. The first-order valence-corrected chi connectivity index (χ1v) is 18.0. The van der Waals surface area contributed by atoms with Crippen molar-refractivity contribution in [1.29, 1.82) is 5.26 Å². The van der Waals surface area contributed by atoms with E-state index in [0.29, 0.717) is 54.1 Å². The number of hydrogen-bond donors (Lipinski definition) is 2. The zero-order valence-corrected chi connectivity index (χ0v) is 29.5. The molecule has 1 unspecified atom stereocenters. The van der Waals surface area contributed by atoms with Crippen LogP contribution in [0.1, 0.15) is 75.3 Å². The molecule has 0 spiro atoms. The van der Waals surface area contributed by atoms with Gasteiger partial charge in [0.1, 0.15) is 41.7 Å². The van der Waals surface area contributed by atoms with Gasteiger partial charge in [0.2, 0.25) is 11.8 Å². The van der Waals surface area contributed by atoms with E-state index in [1.165, 1.54) is 18.3 Å². The number of piperazine rings is 1. The van der Waals surface area contributed by atoms with Gasteiger partial charge in [-0.05, 0) is 62.4 Å². The molecule has 3 aromatic rings. The third kappa shape index (κ3) is 7.93. The topological polar surface area (TPSA) is 187 Å². The second-order valence-electron chi connectivity index (χ2n) is 13.4. The lowest BCUT2D eigenvalue weighted by molar-refractivity contribution is -0.136. The van der Waals surface area contributed by atoms with Crippen LogP contribution in [0.4, 0.5) is 5.82 Å². The van der Waals surface area contributed by atoms with Crippen molar-refractivity contribution in [1.82, 2.24) is 30.4 Å². The lowest BCUT2D eigenvalue weighted by Gasteiger charge is -2.35. The van der Waals surface area contributed by atoms with E-state index in [0.717, 1.165) is 43.7 Å². The van der Waals surface area contributed by atoms with E-state index in [-0.39, 0.29) is 47.7 Å². The van der Waals surface area contributed by atoms with Crippen LogP contribution in [-0.4, -0.2) is 107 Å². The fourth-order valence-corrected chi connectivity index (χ4v) is 7.28. The van der Waals surface area contributed by atoms with Crippen LogP contribution in [0.25, 0.3) is 0 Å². The standard InChI is InChI=1S/C37H37ClN8O7/c38-29-18-26(4-1-22(29)19-39)53-24-5-2-23(3-6-24)42-34(48)30-20-41-32(21-40-30)45-13-11-44(12-14-45)15-16-52-25-7-8-27-28(17-25)37(51)46(36(27)50)31-9-10-33(47)43-35(31)49/h1,4,7-8,17-18,20-21,23-24,31H,2-3,5-6,9-16H2,(H,42,48)(H,43,47,49)/t23-,24-,31?. The number of hydrogen-bond acceptors (Lipinski definition) is 12. The smallest absolute Gasteiger partial charge is 0.271 e. The molecular weight excluding hydrogens is 704 g/mol. The summed E-state index contributed by atoms with van der Waals surface area (Å²) in [6, 6.07) is 10.8. The minimum atomic E-state index is -1.02. The molecule has 3 fully saturated rings. The molecule has 1 atom stereocenters. The number of carbonyl (C=O) groups excluding carboxylic acids is 5. The Morgan fingerprint density at radius 2 is 1.68 bits per heavy atom. The minimum absolute atomic E-state index is 0.00517. The summed E-state index contributed by atoms with van der Waals surface area (Å²) in [5, 5.41) is 14.7. The summed E-state index contributed by atoms with van der Waals surface area (Å²) in [4.78, 5) is 77.0. The van der Waals surface area contributed by atoms with E-state index in [4.69, 9.17) is 26.3 Å². The number of nitrogens with zero attached hydrogens (tertiary/aromatic N) is 6. The Morgan fingerprint density at radius 3 is 2.38 bits per heavy atom. The molecular formula is C37H37ClN8O7. The van der Waals surface area contributed by atoms with Crippen molar-refractivity contribution in [2.24, 2.45) is 0 Å². The van der Waals surface area contributed by atoms with Gasteiger partial charge >= 0.3 is 0 Å². The number of nitriles is 1. The molecule has 16 heteroatoms. The molecule has 0 bridgehead atoms. The van der Waals surface area contributed by atoms with Crippen molar-refractivity contribution in [3.05, 3.63) is 76.2 Å². The van der Waals surface area contributed by atoms with Gasteiger partial charge in [0.05, 0.1) is 40.2 Å². The summed E-state index contributed by atoms with van der Waals surface area (Å²) in [5.41, 5.74) is 1.05. The van der Waals surface area contributed by atoms with Gasteiger partial charge in [-0.1, -0.05) is 11.6 Å². The van der Waals surface area contributed by atoms with Gasteiger partial charge in [0.25, 0.3) is 17.7 Å². The normalized spacial score (nSPS) is 21.8. The van der Waals surface area contributed by atoms with Gasteiger partial charge in [-0.2, -0.15) is 5.26 Å². The molecule has 2 saturated heterocycles. The van der Waals surface area contributed by atoms with Crippen LogP contribution in [0.3, 0.4) is 0 Å². The Labute approximate surface area is 310 Å². The molecule has 274 valence electrons. The lowest BCUT2D eigenvalue weighted by atomic mass is 9.93. The predicted molar refractivity (Wildman–Crippen MR) is 190 cm³/mol. The van der Waals surface area contributed by atoms with Crippen LogP contribution in [0.5, 0.6) is 11.5 Å². The fourth-order valence-electron chi connectivity index (χ4n) is 7.07. The first-order valence-electron chi connectivity index (χ1n) is 17.6. The van der Waals surface area contributed by atoms with Gasteiger partial charge in [-0.3, -0.25) is 39.1 Å². The van der Waals surface area contributed by atoms with Crippen LogP contribution in [0.15, 0.2) is 48.8 Å². The highest BCUT2D eigenvalue weighted by molar-refractivity contribution is 6.31. The summed E-state index contributed by atoms with van der Waals surface area (Å²) < 4.78 is 12.0. The van der Waals surface area contributed by atoms with E-state index in [9.17, 15) is 24.0 Å². The Hall–Kier alpha value is -5.59. The molecule has 1 saturated carbocycles. The lowest BCUT2D eigenvalue weighted by Crippen LogP contribution is -2.54. The number of nitrogens with one attached hydrogen (secondary N) is 2. The number of benzene rings is 2. The van der Waals surface area contributed by atoms with E-state index < -0.39 is 29.7 Å². The molecule has 3 aliphatic heterocycles. The number of amides is 5. The Balaban J connectivity index is 0.822. The molecule has 1 aromatic heterocycles. The summed E-state index contributed by atoms with van der Waals surface area (Å²) in [6.07, 6.45) is 6.37. The van der Waals surface area contributed by atoms with Gasteiger partial charge < -0.3 is 19.7 Å². The quantitative estimate of drug-likeness (QED) is 0.290. The monoisotopic (exact) mass is 740 g/mol. The average Bonchev–Trinajstić information content (AvgIpc) is 3.41. The average molecular weight is 741 g/mol. The number of imide groups is 2. The number of fused-ring (bicyclic) bond motifs is 1. The Bertz CT molecular complexity index is 1970. The third-order valence-electron chi connectivity index (χ3n) is 10.0. The van der Waals surface area contributed by atoms with Gasteiger partial charge in [0, 0.05) is 51.3 Å². The predicted octanol–water partition coefficient (Wildman–Crippen LogP) is 2.72. The molecule has 53 heavy (non-hydrogen) atoms. The van der Waals surface area contributed by atoms with Gasteiger partial charge in [0.15, 0.2) is 0 Å². The summed E-state index contributed by atoms with van der Waals surface area (Å²) >= 11 is 6.12. The Morgan fingerprint density at radius 1 is 0.925 bits per heavy atom. The number of ether oxygens (including phenoxy) is 2. The number of piperidine rings is 1. The van der Waals surface area contributed by atoms with Crippen molar-refractivity contribution < 1.29 is 33.4 Å². The first kappa shape index (κ1) is 35.8. The number of aromatic nitrogens is 2. The second-order valence-corrected chi connectivity index (χ2v) is 13.8. The first-order chi connectivity index (χ1) is 25.7. The maximum atomic E-state index is 13.1. The molecule has 2 N–H and O–H groups in total.